The zero-order valence-corrected chi connectivity index (χ0v) is 19.3. The lowest BCUT2D eigenvalue weighted by Crippen LogP contribution is -2.30. The van der Waals surface area contributed by atoms with E-state index < -0.39 is 11.8 Å². The predicted molar refractivity (Wildman–Crippen MR) is 131 cm³/mol. The summed E-state index contributed by atoms with van der Waals surface area (Å²) in [5.74, 6) is -0.485. The van der Waals surface area contributed by atoms with Gasteiger partial charge in [-0.15, -0.1) is 5.10 Å². The van der Waals surface area contributed by atoms with E-state index in [0.29, 0.717) is 21.7 Å². The van der Waals surface area contributed by atoms with Crippen LogP contribution in [0.1, 0.15) is 22.6 Å². The molecule has 3 aromatic carbocycles. The van der Waals surface area contributed by atoms with Crippen molar-refractivity contribution in [2.45, 2.75) is 12.5 Å². The molecule has 0 radical (unpaired) electrons. The fourth-order valence-electron chi connectivity index (χ4n) is 4.10. The zero-order valence-electron chi connectivity index (χ0n) is 17.8. The number of hydrogen-bond acceptors (Lipinski definition) is 5. The van der Waals surface area contributed by atoms with Crippen LogP contribution < -0.4 is 9.47 Å². The minimum absolute atomic E-state index is 0.134. The molecule has 34 heavy (non-hydrogen) atoms. The van der Waals surface area contributed by atoms with E-state index in [4.69, 9.17) is 38.1 Å². The van der Waals surface area contributed by atoms with E-state index in [2.05, 4.69) is 16.3 Å². The Labute approximate surface area is 206 Å². The lowest BCUT2D eigenvalue weighted by Gasteiger charge is -2.28. The first-order chi connectivity index (χ1) is 16.5. The van der Waals surface area contributed by atoms with Gasteiger partial charge in [0, 0.05) is 21.5 Å². The van der Waals surface area contributed by atoms with Gasteiger partial charge in [0.1, 0.15) is 18.3 Å². The van der Waals surface area contributed by atoms with Gasteiger partial charge in [-0.05, 0) is 35.4 Å². The maximum Gasteiger partial charge on any atom is 0.244 e. The molecular weight excluding hydrogens is 471 g/mol. The molecule has 0 fully saturated rings. The lowest BCUT2D eigenvalue weighted by molar-refractivity contribution is 0.305. The van der Waals surface area contributed by atoms with E-state index in [1.54, 1.807) is 12.1 Å². The van der Waals surface area contributed by atoms with Gasteiger partial charge < -0.3 is 9.47 Å². The van der Waals surface area contributed by atoms with Crippen LogP contribution in [0.25, 0.3) is 11.3 Å². The number of aromatic nitrogens is 2. The number of benzene rings is 3. The molecule has 4 aromatic rings. The van der Waals surface area contributed by atoms with Crippen LogP contribution in [0.15, 0.2) is 72.8 Å². The third-order valence-electron chi connectivity index (χ3n) is 5.73. The number of hydrogen-bond donors (Lipinski definition) is 2. The van der Waals surface area contributed by atoms with Gasteiger partial charge in [0.25, 0.3) is 0 Å². The van der Waals surface area contributed by atoms with Gasteiger partial charge in [-0.1, -0.05) is 71.7 Å². The van der Waals surface area contributed by atoms with Gasteiger partial charge in [-0.2, -0.15) is 5.26 Å². The third-order valence-corrected chi connectivity index (χ3v) is 6.32. The Morgan fingerprint density at radius 2 is 1.88 bits per heavy atom. The van der Waals surface area contributed by atoms with Gasteiger partial charge in [-0.3, -0.25) is 10.5 Å². The van der Waals surface area contributed by atoms with Crippen molar-refractivity contribution in [2.75, 3.05) is 0 Å². The van der Waals surface area contributed by atoms with E-state index in [1.807, 2.05) is 60.7 Å². The van der Waals surface area contributed by atoms with Crippen molar-refractivity contribution in [1.82, 2.24) is 10.2 Å². The summed E-state index contributed by atoms with van der Waals surface area (Å²) in [4.78, 5) is 0. The zero-order chi connectivity index (χ0) is 23.7. The number of rotatable bonds is 5. The van der Waals surface area contributed by atoms with Crippen LogP contribution in [0.3, 0.4) is 0 Å². The van der Waals surface area contributed by atoms with E-state index in [0.717, 1.165) is 27.9 Å². The highest BCUT2D eigenvalue weighted by molar-refractivity contribution is 6.35. The molecule has 2 N–H and O–H groups in total. The Kier molecular flexibility index (Phi) is 5.97. The molecule has 0 saturated heterocycles. The number of halogens is 2. The van der Waals surface area contributed by atoms with Crippen molar-refractivity contribution in [3.8, 4) is 29.0 Å². The predicted octanol–water partition coefficient (Wildman–Crippen LogP) is 6.60. The molecule has 6 nitrogen and oxygen atoms in total. The molecular formula is C26H18Cl2N4O2. The number of fused-ring (bicyclic) bond motifs is 1. The van der Waals surface area contributed by atoms with E-state index in [-0.39, 0.29) is 12.5 Å². The Morgan fingerprint density at radius 3 is 2.65 bits per heavy atom. The molecule has 0 amide bonds. The van der Waals surface area contributed by atoms with Crippen LogP contribution in [-0.2, 0) is 6.61 Å². The number of aromatic amines is 1. The quantitative estimate of drug-likeness (QED) is 0.330. The Bertz CT molecular complexity index is 1410. The lowest BCUT2D eigenvalue weighted by atomic mass is 9.79. The number of H-pyrrole nitrogens is 1. The topological polar surface area (TPSA) is 94.8 Å². The minimum atomic E-state index is -0.812. The molecule has 1 aromatic heterocycles. The van der Waals surface area contributed by atoms with Gasteiger partial charge in [0.15, 0.2) is 0 Å². The normalized spacial score (nSPS) is 16.9. The van der Waals surface area contributed by atoms with Crippen molar-refractivity contribution in [1.29, 1.82) is 10.7 Å². The molecule has 1 aliphatic heterocycles. The average molecular weight is 489 g/mol. The molecule has 0 spiro atoms. The third kappa shape index (κ3) is 4.12. The maximum atomic E-state index is 9.93. The number of nitrogens with zero attached hydrogens (tertiary/aromatic N) is 2. The second-order valence-electron chi connectivity index (χ2n) is 7.83. The van der Waals surface area contributed by atoms with Crippen molar-refractivity contribution in [3.63, 3.8) is 0 Å². The largest absolute Gasteiger partial charge is 0.489 e. The van der Waals surface area contributed by atoms with Crippen molar-refractivity contribution >= 4 is 29.1 Å². The summed E-state index contributed by atoms with van der Waals surface area (Å²) in [6.07, 6.45) is 0. The number of nitrogens with one attached hydrogen (secondary N) is 2. The van der Waals surface area contributed by atoms with Crippen LogP contribution in [0.2, 0.25) is 10.0 Å². The standard InChI is InChI=1S/C26H18Cl2N4O2/c27-18-10-9-17(21(28)12-18)14-33-19-8-4-7-16(11-19)22-20(13-29)25(30)34-26-23(22)24(31-32-26)15-5-2-1-3-6-15/h1-12,20,22,30H,14H2,(H,31,32). The summed E-state index contributed by atoms with van der Waals surface area (Å²) >= 11 is 12.3. The molecule has 2 atom stereocenters. The van der Waals surface area contributed by atoms with E-state index in [1.165, 1.54) is 0 Å². The first-order valence-corrected chi connectivity index (χ1v) is 11.3. The number of nitriles is 1. The van der Waals surface area contributed by atoms with Crippen LogP contribution in [-0.4, -0.2) is 16.1 Å². The van der Waals surface area contributed by atoms with Gasteiger partial charge in [-0.25, -0.2) is 0 Å². The van der Waals surface area contributed by atoms with Gasteiger partial charge in [0.2, 0.25) is 11.8 Å². The minimum Gasteiger partial charge on any atom is -0.489 e. The highest BCUT2D eigenvalue weighted by Gasteiger charge is 2.40. The Balaban J connectivity index is 1.52. The molecule has 0 aliphatic carbocycles. The first-order valence-electron chi connectivity index (χ1n) is 10.5. The molecule has 5 rings (SSSR count). The summed E-state index contributed by atoms with van der Waals surface area (Å²) in [6.45, 7) is 0.261. The SMILES string of the molecule is N#CC1C(=N)Oc2n[nH]c(-c3ccccc3)c2C1c1cccc(OCc2ccc(Cl)cc2Cl)c1. The smallest absolute Gasteiger partial charge is 0.244 e. The Hall–Kier alpha value is -3.79. The summed E-state index contributed by atoms with van der Waals surface area (Å²) in [7, 11) is 0. The summed E-state index contributed by atoms with van der Waals surface area (Å²) < 4.78 is 11.6. The monoisotopic (exact) mass is 488 g/mol. The van der Waals surface area contributed by atoms with Crippen molar-refractivity contribution in [3.05, 3.63) is 99.5 Å². The highest BCUT2D eigenvalue weighted by atomic mass is 35.5. The van der Waals surface area contributed by atoms with Crippen molar-refractivity contribution < 1.29 is 9.47 Å². The van der Waals surface area contributed by atoms with E-state index in [9.17, 15) is 5.26 Å². The van der Waals surface area contributed by atoms with Crippen LogP contribution in [0, 0.1) is 22.7 Å². The summed E-state index contributed by atoms with van der Waals surface area (Å²) in [5.41, 5.74) is 4.04. The molecule has 0 bridgehead atoms. The molecule has 1 aliphatic rings. The molecule has 0 saturated carbocycles. The average Bonchev–Trinajstić information content (AvgIpc) is 3.26. The van der Waals surface area contributed by atoms with E-state index >= 15 is 0 Å². The summed E-state index contributed by atoms with van der Waals surface area (Å²) in [5, 5.41) is 26.6. The maximum absolute atomic E-state index is 9.93. The van der Waals surface area contributed by atoms with Crippen LogP contribution >= 0.6 is 23.2 Å². The Morgan fingerprint density at radius 1 is 1.06 bits per heavy atom. The number of ether oxygens (including phenoxy) is 2. The van der Waals surface area contributed by atoms with Gasteiger partial charge in [0.05, 0.1) is 17.3 Å². The van der Waals surface area contributed by atoms with Gasteiger partial charge >= 0.3 is 0 Å². The fraction of sp³-hybridized carbons (Fsp3) is 0.115. The first kappa shape index (κ1) is 22.0. The highest BCUT2D eigenvalue weighted by Crippen LogP contribution is 2.46. The summed E-state index contributed by atoms with van der Waals surface area (Å²) in [6, 6.07) is 24.7. The second kappa shape index (κ2) is 9.22. The van der Waals surface area contributed by atoms with Crippen LogP contribution in [0.5, 0.6) is 11.6 Å². The molecule has 168 valence electrons. The molecule has 8 heteroatoms. The molecule has 2 unspecified atom stereocenters. The fourth-order valence-corrected chi connectivity index (χ4v) is 4.56. The van der Waals surface area contributed by atoms with Crippen molar-refractivity contribution in [2.24, 2.45) is 5.92 Å². The van der Waals surface area contributed by atoms with Crippen LogP contribution in [0.4, 0.5) is 0 Å². The molecule has 2 heterocycles. The second-order valence-corrected chi connectivity index (χ2v) is 8.67.